The molecular weight excluding hydrogens is 264 g/mol. The molecule has 0 aromatic heterocycles. The van der Waals surface area contributed by atoms with Crippen LogP contribution in [-0.4, -0.2) is 0 Å². The zero-order valence-corrected chi connectivity index (χ0v) is 15.4. The summed E-state index contributed by atoms with van der Waals surface area (Å²) in [5.41, 5.74) is 4.47. The van der Waals surface area contributed by atoms with E-state index in [2.05, 4.69) is 26.5 Å². The third kappa shape index (κ3) is 2.16. The van der Waals surface area contributed by atoms with Gasteiger partial charge < -0.3 is 0 Å². The first kappa shape index (κ1) is 16.3. The molecule has 0 aromatic rings. The largest absolute Gasteiger partial charge is 0.0993 e. The highest BCUT2D eigenvalue weighted by atomic mass is 14.6. The first-order chi connectivity index (χ1) is 10.6. The molecule has 4 rings (SSSR count). The van der Waals surface area contributed by atoms with E-state index < -0.39 is 0 Å². The van der Waals surface area contributed by atoms with Gasteiger partial charge in [-0.25, -0.2) is 0 Å². The van der Waals surface area contributed by atoms with Crippen molar-refractivity contribution in [2.24, 2.45) is 28.6 Å². The van der Waals surface area contributed by atoms with Crippen LogP contribution in [0.4, 0.5) is 0 Å². The van der Waals surface area contributed by atoms with Crippen LogP contribution in [-0.2, 0) is 0 Å². The molecule has 0 amide bonds. The maximum Gasteiger partial charge on any atom is -0.00853 e. The van der Waals surface area contributed by atoms with Crippen LogP contribution in [0.3, 0.4) is 0 Å². The molecule has 124 valence electrons. The van der Waals surface area contributed by atoms with Crippen LogP contribution in [0.1, 0.15) is 85.5 Å². The topological polar surface area (TPSA) is 0 Å². The van der Waals surface area contributed by atoms with E-state index in [1.807, 2.05) is 19.4 Å². The van der Waals surface area contributed by atoms with Gasteiger partial charge in [-0.15, -0.1) is 0 Å². The smallest absolute Gasteiger partial charge is 0.00853 e. The molecule has 0 heterocycles. The lowest BCUT2D eigenvalue weighted by Crippen LogP contribution is -2.49. The Balaban J connectivity index is 0.000000693. The molecule has 0 aliphatic heterocycles. The van der Waals surface area contributed by atoms with E-state index in [-0.39, 0.29) is 0 Å². The zero-order valence-electron chi connectivity index (χ0n) is 15.4. The van der Waals surface area contributed by atoms with Crippen molar-refractivity contribution in [2.45, 2.75) is 85.5 Å². The maximum absolute atomic E-state index is 4.44. The molecule has 3 fully saturated rings. The van der Waals surface area contributed by atoms with Crippen LogP contribution in [0.5, 0.6) is 0 Å². The Morgan fingerprint density at radius 3 is 2.45 bits per heavy atom. The maximum atomic E-state index is 4.44. The monoisotopic (exact) mass is 300 g/mol. The Morgan fingerprint density at radius 2 is 1.68 bits per heavy atom. The highest BCUT2D eigenvalue weighted by molar-refractivity contribution is 5.27. The Hall–Kier alpha value is -0.520. The third-order valence-corrected chi connectivity index (χ3v) is 7.98. The van der Waals surface area contributed by atoms with Crippen LogP contribution in [0.15, 0.2) is 23.8 Å². The van der Waals surface area contributed by atoms with Crippen LogP contribution in [0.2, 0.25) is 0 Å². The van der Waals surface area contributed by atoms with Crippen molar-refractivity contribution in [3.63, 3.8) is 0 Å². The van der Waals surface area contributed by atoms with Crippen molar-refractivity contribution in [2.75, 3.05) is 0 Å². The van der Waals surface area contributed by atoms with Crippen molar-refractivity contribution in [1.82, 2.24) is 0 Å². The fraction of sp³-hybridized carbons (Fsp3) is 0.818. The summed E-state index contributed by atoms with van der Waals surface area (Å²) in [5.74, 6) is 2.93. The van der Waals surface area contributed by atoms with Gasteiger partial charge in [0.15, 0.2) is 0 Å². The van der Waals surface area contributed by atoms with E-state index in [0.29, 0.717) is 10.8 Å². The Bertz CT molecular complexity index is 470. The van der Waals surface area contributed by atoms with Gasteiger partial charge in [0.05, 0.1) is 0 Å². The average Bonchev–Trinajstić information content (AvgIpc) is 2.84. The molecule has 4 aliphatic carbocycles. The molecule has 0 nitrogen and oxygen atoms in total. The molecular formula is C22H36. The van der Waals surface area contributed by atoms with Gasteiger partial charge in [-0.05, 0) is 86.4 Å². The number of allylic oxidation sites excluding steroid dienone is 3. The second-order valence-electron chi connectivity index (χ2n) is 8.55. The quantitative estimate of drug-likeness (QED) is 0.426. The summed E-state index contributed by atoms with van der Waals surface area (Å²) in [6, 6.07) is 0. The number of fused-ring (bicyclic) bond motifs is 5. The first-order valence-corrected chi connectivity index (χ1v) is 9.93. The molecule has 0 spiro atoms. The molecule has 0 bridgehead atoms. The van der Waals surface area contributed by atoms with Crippen molar-refractivity contribution in [3.05, 3.63) is 23.8 Å². The second kappa shape index (κ2) is 5.84. The summed E-state index contributed by atoms with van der Waals surface area (Å²) in [6.07, 6.45) is 15.3. The van der Waals surface area contributed by atoms with E-state index in [1.165, 1.54) is 57.8 Å². The molecule has 0 aromatic carbocycles. The van der Waals surface area contributed by atoms with Gasteiger partial charge in [0.25, 0.3) is 0 Å². The van der Waals surface area contributed by atoms with Gasteiger partial charge in [-0.2, -0.15) is 0 Å². The minimum Gasteiger partial charge on any atom is -0.0993 e. The summed E-state index contributed by atoms with van der Waals surface area (Å²) >= 11 is 0. The van der Waals surface area contributed by atoms with Gasteiger partial charge >= 0.3 is 0 Å². The van der Waals surface area contributed by atoms with E-state index >= 15 is 0 Å². The van der Waals surface area contributed by atoms with Crippen molar-refractivity contribution >= 4 is 0 Å². The predicted molar refractivity (Wildman–Crippen MR) is 96.8 cm³/mol. The predicted octanol–water partition coefficient (Wildman–Crippen LogP) is 6.92. The fourth-order valence-electron chi connectivity index (χ4n) is 6.66. The van der Waals surface area contributed by atoms with Crippen LogP contribution in [0.25, 0.3) is 0 Å². The number of hydrogen-bond donors (Lipinski definition) is 0. The van der Waals surface area contributed by atoms with Crippen molar-refractivity contribution < 1.29 is 0 Å². The van der Waals surface area contributed by atoms with E-state index in [4.69, 9.17) is 0 Å². The molecule has 0 radical (unpaired) electrons. The van der Waals surface area contributed by atoms with Crippen LogP contribution in [0, 0.1) is 28.6 Å². The van der Waals surface area contributed by atoms with Crippen LogP contribution < -0.4 is 0 Å². The van der Waals surface area contributed by atoms with Crippen LogP contribution >= 0.6 is 0 Å². The number of hydrogen-bond acceptors (Lipinski definition) is 0. The summed E-state index contributed by atoms with van der Waals surface area (Å²) in [4.78, 5) is 0. The Labute approximate surface area is 138 Å². The Kier molecular flexibility index (Phi) is 4.34. The molecule has 5 atom stereocenters. The molecule has 0 N–H and O–H groups in total. The van der Waals surface area contributed by atoms with Gasteiger partial charge in [0.1, 0.15) is 0 Å². The Morgan fingerprint density at radius 1 is 0.955 bits per heavy atom. The van der Waals surface area contributed by atoms with E-state index in [9.17, 15) is 0 Å². The zero-order chi connectivity index (χ0) is 16.0. The minimum atomic E-state index is 0.493. The summed E-state index contributed by atoms with van der Waals surface area (Å²) < 4.78 is 0. The second-order valence-corrected chi connectivity index (χ2v) is 8.55. The van der Waals surface area contributed by atoms with E-state index in [0.717, 1.165) is 17.8 Å². The summed E-state index contributed by atoms with van der Waals surface area (Å²) in [7, 11) is 0. The normalized spacial score (nSPS) is 46.6. The van der Waals surface area contributed by atoms with E-state index in [1.54, 1.807) is 5.57 Å². The minimum absolute atomic E-state index is 0.493. The van der Waals surface area contributed by atoms with Gasteiger partial charge in [0, 0.05) is 0 Å². The SMILES string of the molecule is C=C1CCC2C3CCC4=CCCCC4(C)C3CCC12C.CC. The summed E-state index contributed by atoms with van der Waals surface area (Å²) in [5, 5.41) is 0. The fourth-order valence-corrected chi connectivity index (χ4v) is 6.66. The standard InChI is InChI=1S/C20H30.C2H6/c1-14-7-10-17-16-9-8-15-6-4-5-12-20(15,3)18(16)11-13-19(14,17)2;1-2/h6,16-18H,1,4-5,7-13H2,2-3H3;1-2H3. The van der Waals surface area contributed by atoms with Crippen molar-refractivity contribution in [1.29, 1.82) is 0 Å². The molecule has 5 unspecified atom stereocenters. The molecule has 3 saturated carbocycles. The lowest BCUT2D eigenvalue weighted by molar-refractivity contribution is -0.0253. The lowest BCUT2D eigenvalue weighted by Gasteiger charge is -2.57. The third-order valence-electron chi connectivity index (χ3n) is 7.98. The molecule has 0 heteroatoms. The molecule has 4 aliphatic rings. The molecule has 22 heavy (non-hydrogen) atoms. The highest BCUT2D eigenvalue weighted by Gasteiger charge is 2.56. The highest BCUT2D eigenvalue weighted by Crippen LogP contribution is 2.66. The van der Waals surface area contributed by atoms with Crippen molar-refractivity contribution in [3.8, 4) is 0 Å². The number of rotatable bonds is 0. The lowest BCUT2D eigenvalue weighted by atomic mass is 9.47. The van der Waals surface area contributed by atoms with Gasteiger partial charge in [0.2, 0.25) is 0 Å². The summed E-state index contributed by atoms with van der Waals surface area (Å²) in [6.45, 7) is 13.6. The molecule has 0 saturated heterocycles. The first-order valence-electron chi connectivity index (χ1n) is 9.93. The van der Waals surface area contributed by atoms with Gasteiger partial charge in [-0.3, -0.25) is 0 Å². The van der Waals surface area contributed by atoms with Gasteiger partial charge in [-0.1, -0.05) is 51.5 Å². The average molecular weight is 301 g/mol.